The zero-order chi connectivity index (χ0) is 20.1. The highest BCUT2D eigenvalue weighted by Gasteiger charge is 2.31. The van der Waals surface area contributed by atoms with Crippen LogP contribution in [0.5, 0.6) is 0 Å². The number of nitrogens with zero attached hydrogens (tertiary/aromatic N) is 2. The van der Waals surface area contributed by atoms with Crippen molar-refractivity contribution in [2.24, 2.45) is 11.8 Å². The summed E-state index contributed by atoms with van der Waals surface area (Å²) in [5.74, 6) is 0.683. The fourth-order valence-electron chi connectivity index (χ4n) is 4.10. The molecule has 3 rings (SSSR count). The zero-order valence-corrected chi connectivity index (χ0v) is 16.4. The number of hydrogen-bond donors (Lipinski definition) is 0. The second-order valence-electron chi connectivity index (χ2n) is 8.01. The Bertz CT molecular complexity index is 651. The summed E-state index contributed by atoms with van der Waals surface area (Å²) < 4.78 is 43.8. The van der Waals surface area contributed by atoms with Crippen LogP contribution in [0.2, 0.25) is 0 Å². The highest BCUT2D eigenvalue weighted by Crippen LogP contribution is 2.29. The summed E-state index contributed by atoms with van der Waals surface area (Å²) in [6.45, 7) is 4.61. The van der Waals surface area contributed by atoms with E-state index in [9.17, 15) is 18.0 Å². The van der Waals surface area contributed by atoms with E-state index in [0.717, 1.165) is 57.1 Å². The van der Waals surface area contributed by atoms with Gasteiger partial charge in [0, 0.05) is 26.7 Å². The van der Waals surface area contributed by atoms with Crippen LogP contribution in [0.1, 0.15) is 30.4 Å². The quantitative estimate of drug-likeness (QED) is 0.736. The first-order chi connectivity index (χ1) is 13.3. The van der Waals surface area contributed by atoms with Crippen molar-refractivity contribution < 1.29 is 22.7 Å². The Kier molecular flexibility index (Phi) is 6.99. The van der Waals surface area contributed by atoms with E-state index < -0.39 is 11.7 Å². The van der Waals surface area contributed by atoms with Crippen molar-refractivity contribution >= 4 is 5.91 Å². The molecule has 28 heavy (non-hydrogen) atoms. The van der Waals surface area contributed by atoms with Gasteiger partial charge >= 0.3 is 6.18 Å². The maximum atomic E-state index is 12.8. The topological polar surface area (TPSA) is 32.8 Å². The number of amides is 1. The highest BCUT2D eigenvalue weighted by atomic mass is 19.4. The van der Waals surface area contributed by atoms with Gasteiger partial charge in [-0.1, -0.05) is 18.2 Å². The maximum Gasteiger partial charge on any atom is 0.416 e. The second-order valence-corrected chi connectivity index (χ2v) is 8.01. The van der Waals surface area contributed by atoms with Crippen LogP contribution in [0.4, 0.5) is 13.2 Å². The number of benzene rings is 1. The molecule has 2 aliphatic rings. The number of piperidine rings is 1. The molecule has 0 aliphatic carbocycles. The van der Waals surface area contributed by atoms with Gasteiger partial charge in [-0.25, -0.2) is 0 Å². The van der Waals surface area contributed by atoms with Crippen molar-refractivity contribution in [2.75, 3.05) is 46.4 Å². The van der Waals surface area contributed by atoms with Gasteiger partial charge in [0.25, 0.3) is 0 Å². The van der Waals surface area contributed by atoms with Crippen molar-refractivity contribution in [3.8, 4) is 0 Å². The summed E-state index contributed by atoms with van der Waals surface area (Å²) in [7, 11) is 1.88. The maximum absolute atomic E-state index is 12.8. The lowest BCUT2D eigenvalue weighted by molar-refractivity contribution is -0.137. The van der Waals surface area contributed by atoms with Crippen molar-refractivity contribution in [1.82, 2.24) is 9.80 Å². The Morgan fingerprint density at radius 2 is 2.00 bits per heavy atom. The van der Waals surface area contributed by atoms with E-state index in [2.05, 4.69) is 4.90 Å². The third-order valence-corrected chi connectivity index (χ3v) is 5.87. The Balaban J connectivity index is 1.40. The minimum absolute atomic E-state index is 0.0116. The molecule has 1 atom stereocenters. The number of hydrogen-bond acceptors (Lipinski definition) is 3. The number of halogens is 3. The number of carbonyl (C=O) groups is 1. The van der Waals surface area contributed by atoms with Gasteiger partial charge in [0.2, 0.25) is 5.91 Å². The third kappa shape index (κ3) is 5.70. The lowest BCUT2D eigenvalue weighted by atomic mass is 9.95. The smallest absolute Gasteiger partial charge is 0.381 e. The monoisotopic (exact) mass is 398 g/mol. The predicted octanol–water partition coefficient (Wildman–Crippen LogP) is 3.45. The number of alkyl halides is 3. The van der Waals surface area contributed by atoms with E-state index in [4.69, 9.17) is 4.74 Å². The molecule has 1 aromatic carbocycles. The Hall–Kier alpha value is -1.60. The van der Waals surface area contributed by atoms with Crippen LogP contribution < -0.4 is 0 Å². The molecular formula is C21H29F3N2O2. The molecule has 2 fully saturated rings. The first-order valence-corrected chi connectivity index (χ1v) is 10.0. The molecule has 0 radical (unpaired) electrons. The molecule has 0 bridgehead atoms. The SMILES string of the molecule is CN(CC1CCN(CCc2cccc(C(F)(F)F)c2)CC1)C(=O)[C@H]1CCOC1. The lowest BCUT2D eigenvalue weighted by Gasteiger charge is -2.34. The van der Waals surface area contributed by atoms with Crippen LogP contribution in [-0.4, -0.2) is 62.1 Å². The van der Waals surface area contributed by atoms with Crippen LogP contribution in [0.3, 0.4) is 0 Å². The van der Waals surface area contributed by atoms with E-state index in [-0.39, 0.29) is 11.8 Å². The lowest BCUT2D eigenvalue weighted by Crippen LogP contribution is -2.41. The van der Waals surface area contributed by atoms with Gasteiger partial charge < -0.3 is 14.5 Å². The molecule has 4 nitrogen and oxygen atoms in total. The third-order valence-electron chi connectivity index (χ3n) is 5.87. The fourth-order valence-corrected chi connectivity index (χ4v) is 4.10. The molecular weight excluding hydrogens is 369 g/mol. The number of rotatable bonds is 6. The minimum atomic E-state index is -4.29. The van der Waals surface area contributed by atoms with E-state index in [1.807, 2.05) is 11.9 Å². The van der Waals surface area contributed by atoms with Crippen molar-refractivity contribution in [2.45, 2.75) is 31.9 Å². The van der Waals surface area contributed by atoms with Crippen LogP contribution in [0, 0.1) is 11.8 Å². The van der Waals surface area contributed by atoms with Crippen molar-refractivity contribution in [3.05, 3.63) is 35.4 Å². The molecule has 0 N–H and O–H groups in total. The average Bonchev–Trinajstić information content (AvgIpc) is 3.21. The summed E-state index contributed by atoms with van der Waals surface area (Å²) in [4.78, 5) is 16.6. The van der Waals surface area contributed by atoms with Gasteiger partial charge in [0.1, 0.15) is 0 Å². The molecule has 156 valence electrons. The largest absolute Gasteiger partial charge is 0.416 e. The molecule has 1 amide bonds. The van der Waals surface area contributed by atoms with Gasteiger partial charge in [-0.05, 0) is 56.3 Å². The fraction of sp³-hybridized carbons (Fsp3) is 0.667. The normalized spacial score (nSPS) is 21.8. The first kappa shape index (κ1) is 21.1. The average molecular weight is 398 g/mol. The Morgan fingerprint density at radius 1 is 1.25 bits per heavy atom. The zero-order valence-electron chi connectivity index (χ0n) is 16.4. The van der Waals surface area contributed by atoms with Crippen molar-refractivity contribution in [3.63, 3.8) is 0 Å². The number of likely N-dealkylation sites (tertiary alicyclic amines) is 1. The molecule has 1 aromatic rings. The van der Waals surface area contributed by atoms with E-state index in [1.54, 1.807) is 6.07 Å². The van der Waals surface area contributed by atoms with Crippen LogP contribution in [0.15, 0.2) is 24.3 Å². The molecule has 7 heteroatoms. The standard InChI is InChI=1S/C21H29F3N2O2/c1-25(20(27)18-8-12-28-15-18)14-17-6-10-26(11-7-17)9-5-16-3-2-4-19(13-16)21(22,23)24/h2-4,13,17-18H,5-12,14-15H2,1H3/t18-/m0/s1. The molecule has 2 heterocycles. The van der Waals surface area contributed by atoms with Gasteiger partial charge in [0.15, 0.2) is 0 Å². The number of ether oxygens (including phenoxy) is 1. The number of carbonyl (C=O) groups excluding carboxylic acids is 1. The summed E-state index contributed by atoms with van der Waals surface area (Å²) in [5.41, 5.74) is 0.144. The Morgan fingerprint density at radius 3 is 2.64 bits per heavy atom. The van der Waals surface area contributed by atoms with Crippen LogP contribution in [0.25, 0.3) is 0 Å². The molecule has 0 aromatic heterocycles. The van der Waals surface area contributed by atoms with Crippen molar-refractivity contribution in [1.29, 1.82) is 0 Å². The van der Waals surface area contributed by atoms with Crippen LogP contribution >= 0.6 is 0 Å². The van der Waals surface area contributed by atoms with Gasteiger partial charge in [-0.2, -0.15) is 13.2 Å². The second kappa shape index (κ2) is 9.27. The van der Waals surface area contributed by atoms with Gasteiger partial charge in [-0.15, -0.1) is 0 Å². The Labute approximate surface area is 164 Å². The van der Waals surface area contributed by atoms with Gasteiger partial charge in [-0.3, -0.25) is 4.79 Å². The molecule has 0 unspecified atom stereocenters. The van der Waals surface area contributed by atoms with E-state index in [0.29, 0.717) is 25.6 Å². The molecule has 0 spiro atoms. The summed E-state index contributed by atoms with van der Waals surface area (Å²) in [6.07, 6.45) is -0.822. The predicted molar refractivity (Wildman–Crippen MR) is 101 cm³/mol. The summed E-state index contributed by atoms with van der Waals surface area (Å²) >= 11 is 0. The minimum Gasteiger partial charge on any atom is -0.381 e. The highest BCUT2D eigenvalue weighted by molar-refractivity contribution is 5.78. The molecule has 0 saturated carbocycles. The first-order valence-electron chi connectivity index (χ1n) is 10.0. The van der Waals surface area contributed by atoms with E-state index in [1.165, 1.54) is 12.1 Å². The van der Waals surface area contributed by atoms with Gasteiger partial charge in [0.05, 0.1) is 18.1 Å². The molecule has 2 saturated heterocycles. The summed E-state index contributed by atoms with van der Waals surface area (Å²) in [5, 5.41) is 0. The molecule has 2 aliphatic heterocycles. The van der Waals surface area contributed by atoms with Crippen LogP contribution in [-0.2, 0) is 22.1 Å². The summed E-state index contributed by atoms with van der Waals surface area (Å²) in [6, 6.07) is 5.60. The van der Waals surface area contributed by atoms with E-state index >= 15 is 0 Å².